The summed E-state index contributed by atoms with van der Waals surface area (Å²) in [6.07, 6.45) is 15.8. The van der Waals surface area contributed by atoms with Gasteiger partial charge in [-0.25, -0.2) is 0 Å². The van der Waals surface area contributed by atoms with Gasteiger partial charge in [-0.3, -0.25) is 0 Å². The molecule has 5 fully saturated rings. The Hall–Kier alpha value is -1.44. The van der Waals surface area contributed by atoms with Gasteiger partial charge in [0.25, 0.3) is 0 Å². The first-order valence-corrected chi connectivity index (χ1v) is 27.6. The third-order valence-corrected chi connectivity index (χ3v) is 12.5. The van der Waals surface area contributed by atoms with Crippen LogP contribution in [-0.4, -0.2) is 9.52 Å². The molecule has 4 bridgehead atoms. The Labute approximate surface area is 324 Å². The van der Waals surface area contributed by atoms with Crippen LogP contribution in [-0.2, 0) is 26.3 Å². The SMILES string of the molecule is CCC(C)c1cccc2[cH-]c(C3CCCC3)cc12.C[Si]C.Cc1cc2c(-c3ccc(C45CC6CC(CC(C6)C4)C5)cc3)cccc2[cH-]1.[Cl][Zr+2][Cl]. The molecule has 5 aliphatic carbocycles. The molecule has 4 heteroatoms. The van der Waals surface area contributed by atoms with E-state index < -0.39 is 20.8 Å². The summed E-state index contributed by atoms with van der Waals surface area (Å²) >= 11 is -0.826. The minimum atomic E-state index is -0.826. The first kappa shape index (κ1) is 38.3. The van der Waals surface area contributed by atoms with E-state index in [1.165, 1.54) is 109 Å². The molecule has 0 N–H and O–H groups in total. The van der Waals surface area contributed by atoms with Gasteiger partial charge in [0.2, 0.25) is 0 Å². The van der Waals surface area contributed by atoms with E-state index in [0.717, 1.165) is 33.2 Å². The Balaban J connectivity index is 0.000000157. The summed E-state index contributed by atoms with van der Waals surface area (Å²) in [6, 6.07) is 32.8. The van der Waals surface area contributed by atoms with Crippen LogP contribution < -0.4 is 0 Å². The topological polar surface area (TPSA) is 0 Å². The molecule has 262 valence electrons. The zero-order valence-corrected chi connectivity index (χ0v) is 36.0. The molecule has 0 nitrogen and oxygen atoms in total. The van der Waals surface area contributed by atoms with E-state index in [1.54, 1.807) is 16.7 Å². The van der Waals surface area contributed by atoms with Crippen molar-refractivity contribution in [3.8, 4) is 11.1 Å². The van der Waals surface area contributed by atoms with Crippen LogP contribution in [0.25, 0.3) is 32.7 Å². The van der Waals surface area contributed by atoms with Crippen LogP contribution in [0.15, 0.2) is 84.9 Å². The van der Waals surface area contributed by atoms with Crippen molar-refractivity contribution in [2.75, 3.05) is 0 Å². The van der Waals surface area contributed by atoms with E-state index in [-0.39, 0.29) is 0 Å². The average Bonchev–Trinajstić information content (AvgIpc) is 3.88. The number of fused-ring (bicyclic) bond motifs is 2. The van der Waals surface area contributed by atoms with Gasteiger partial charge in [0, 0.05) is 9.52 Å². The molecular formula is C46H56Cl2SiZr. The van der Waals surface area contributed by atoms with Crippen LogP contribution in [0.1, 0.15) is 119 Å². The molecule has 5 saturated carbocycles. The van der Waals surface area contributed by atoms with Gasteiger partial charge in [-0.2, -0.15) is 12.1 Å². The molecule has 10 rings (SSSR count). The van der Waals surface area contributed by atoms with Gasteiger partial charge >= 0.3 is 37.9 Å². The van der Waals surface area contributed by atoms with Crippen LogP contribution in [0.5, 0.6) is 0 Å². The van der Waals surface area contributed by atoms with E-state index in [9.17, 15) is 0 Å². The normalized spacial score (nSPS) is 24.1. The Morgan fingerprint density at radius 2 is 1.36 bits per heavy atom. The average molecular weight is 799 g/mol. The van der Waals surface area contributed by atoms with Gasteiger partial charge in [-0.15, -0.1) is 69.1 Å². The summed E-state index contributed by atoms with van der Waals surface area (Å²) in [6.45, 7) is 11.1. The van der Waals surface area contributed by atoms with Gasteiger partial charge in [0.15, 0.2) is 0 Å². The first-order valence-electron chi connectivity index (χ1n) is 19.3. The molecule has 2 radical (unpaired) electrons. The van der Waals surface area contributed by atoms with Crippen molar-refractivity contribution >= 4 is 48.1 Å². The molecule has 0 heterocycles. The Morgan fingerprint density at radius 1 is 0.800 bits per heavy atom. The fraction of sp³-hybridized carbons (Fsp3) is 0.478. The van der Waals surface area contributed by atoms with E-state index in [0.29, 0.717) is 11.3 Å². The fourth-order valence-corrected chi connectivity index (χ4v) is 10.5. The summed E-state index contributed by atoms with van der Waals surface area (Å²) in [5.74, 6) is 4.56. The van der Waals surface area contributed by atoms with Gasteiger partial charge in [-0.05, 0) is 97.5 Å². The van der Waals surface area contributed by atoms with Crippen LogP contribution >= 0.6 is 17.0 Å². The van der Waals surface area contributed by atoms with E-state index >= 15 is 0 Å². The molecule has 5 aliphatic rings. The summed E-state index contributed by atoms with van der Waals surface area (Å²) in [4.78, 5) is 0. The number of hydrogen-bond donors (Lipinski definition) is 0. The van der Waals surface area contributed by atoms with Crippen LogP contribution in [0.2, 0.25) is 13.1 Å². The number of halogens is 2. The van der Waals surface area contributed by atoms with Gasteiger partial charge in [-0.1, -0.05) is 101 Å². The first-order chi connectivity index (χ1) is 24.3. The standard InChI is InChI=1S/C26H27.C18H23.C2H6Si.2ClH.Zr/c1-17-9-22-3-2-4-24(25(22)10-17)21-5-7-23(8-6-21)26-14-18-11-19(15-26)13-20(12-18)16-26;1-3-13(2)17-10-6-9-15-11-16(12-18(15)17)14-7-4-5-8-14;1-3-2;;;/h2-10,18-20H,11-16H2,1H3;6,9-14H,3-5,7-8H2,1-2H3;1-2H3;2*1H;/q2*-1;;;;+4/p-2. The van der Waals surface area contributed by atoms with Crippen LogP contribution in [0.3, 0.4) is 0 Å². The molecular weight excluding hydrogens is 743 g/mol. The number of rotatable bonds is 5. The summed E-state index contributed by atoms with van der Waals surface area (Å²) in [5, 5.41) is 5.72. The predicted molar refractivity (Wildman–Crippen MR) is 218 cm³/mol. The van der Waals surface area contributed by atoms with Gasteiger partial charge < -0.3 is 0 Å². The molecule has 5 aromatic rings. The fourth-order valence-electron chi connectivity index (χ4n) is 10.5. The summed E-state index contributed by atoms with van der Waals surface area (Å²) in [5.41, 5.74) is 9.39. The van der Waals surface area contributed by atoms with Crippen molar-refractivity contribution in [3.63, 3.8) is 0 Å². The Kier molecular flexibility index (Phi) is 13.5. The van der Waals surface area contributed by atoms with Crippen molar-refractivity contribution in [3.05, 3.63) is 107 Å². The second-order valence-corrected chi connectivity index (χ2v) is 20.8. The van der Waals surface area contributed by atoms with Crippen LogP contribution in [0.4, 0.5) is 0 Å². The maximum atomic E-state index is 4.93. The molecule has 5 aromatic carbocycles. The van der Waals surface area contributed by atoms with Crippen LogP contribution in [0, 0.1) is 24.7 Å². The Morgan fingerprint density at radius 3 is 1.94 bits per heavy atom. The van der Waals surface area contributed by atoms with E-state index in [1.807, 2.05) is 0 Å². The minimum absolute atomic E-state index is 0.510. The third kappa shape index (κ3) is 8.51. The molecule has 0 saturated heterocycles. The predicted octanol–water partition coefficient (Wildman–Crippen LogP) is 14.9. The van der Waals surface area contributed by atoms with E-state index in [2.05, 4.69) is 119 Å². The van der Waals surface area contributed by atoms with Crippen molar-refractivity contribution in [1.82, 2.24) is 0 Å². The quantitative estimate of drug-likeness (QED) is 0.123. The van der Waals surface area contributed by atoms with Crippen molar-refractivity contribution < 1.29 is 20.8 Å². The Bertz CT molecular complexity index is 1770. The molecule has 1 unspecified atom stereocenters. The van der Waals surface area contributed by atoms with Gasteiger partial charge in [0.1, 0.15) is 0 Å². The summed E-state index contributed by atoms with van der Waals surface area (Å²) in [7, 11) is 11.0. The zero-order chi connectivity index (χ0) is 35.3. The molecule has 1 atom stereocenters. The monoisotopic (exact) mass is 796 g/mol. The second kappa shape index (κ2) is 17.6. The third-order valence-electron chi connectivity index (χ3n) is 12.5. The number of benzene rings is 3. The van der Waals surface area contributed by atoms with Crippen molar-refractivity contribution in [2.24, 2.45) is 17.8 Å². The molecule has 0 amide bonds. The second-order valence-electron chi connectivity index (χ2n) is 16.1. The van der Waals surface area contributed by atoms with Gasteiger partial charge in [0.05, 0.1) is 0 Å². The van der Waals surface area contributed by atoms with Crippen molar-refractivity contribution in [1.29, 1.82) is 0 Å². The number of hydrogen-bond acceptors (Lipinski definition) is 0. The van der Waals surface area contributed by atoms with E-state index in [4.69, 9.17) is 17.0 Å². The molecule has 0 aliphatic heterocycles. The maximum absolute atomic E-state index is 4.93. The molecule has 50 heavy (non-hydrogen) atoms. The number of aryl methyl sites for hydroxylation is 1. The summed E-state index contributed by atoms with van der Waals surface area (Å²) < 4.78 is 0. The molecule has 0 spiro atoms. The van der Waals surface area contributed by atoms with Crippen molar-refractivity contribution in [2.45, 2.75) is 122 Å². The zero-order valence-electron chi connectivity index (χ0n) is 31.0. The molecule has 0 aromatic heterocycles.